The molecule has 0 saturated carbocycles. The molecule has 0 aliphatic rings. The van der Waals surface area contributed by atoms with Gasteiger partial charge in [0.05, 0.1) is 16.1 Å². The Balaban J connectivity index is 2.39. The molecular formula is C15H11Cl2FNO4S-. The Morgan fingerprint density at radius 2 is 1.79 bits per heavy atom. The van der Waals surface area contributed by atoms with Gasteiger partial charge in [-0.15, -0.1) is 0 Å². The van der Waals surface area contributed by atoms with E-state index in [1.165, 1.54) is 30.3 Å². The van der Waals surface area contributed by atoms with Crippen molar-refractivity contribution in [2.75, 3.05) is 0 Å². The number of hydrogen-bond acceptors (Lipinski definition) is 4. The predicted molar refractivity (Wildman–Crippen MR) is 85.5 cm³/mol. The van der Waals surface area contributed by atoms with Crippen molar-refractivity contribution in [3.8, 4) is 0 Å². The first-order valence-electron chi connectivity index (χ1n) is 6.62. The minimum atomic E-state index is -4.17. The zero-order valence-corrected chi connectivity index (χ0v) is 14.3. The first-order valence-corrected chi connectivity index (χ1v) is 8.86. The van der Waals surface area contributed by atoms with Crippen molar-refractivity contribution < 1.29 is 22.7 Å². The number of carboxylic acid groups (broad SMARTS) is 1. The van der Waals surface area contributed by atoms with Gasteiger partial charge in [-0.05, 0) is 29.8 Å². The van der Waals surface area contributed by atoms with Crippen LogP contribution >= 0.6 is 23.2 Å². The summed E-state index contributed by atoms with van der Waals surface area (Å²) in [5.74, 6) is -2.00. The van der Waals surface area contributed by atoms with Crippen molar-refractivity contribution in [2.24, 2.45) is 0 Å². The lowest BCUT2D eigenvalue weighted by Gasteiger charge is -2.20. The zero-order chi connectivity index (χ0) is 17.9. The second kappa shape index (κ2) is 7.48. The van der Waals surface area contributed by atoms with E-state index in [1.54, 1.807) is 0 Å². The molecule has 2 aromatic carbocycles. The Bertz CT molecular complexity index is 856. The monoisotopic (exact) mass is 390 g/mol. The van der Waals surface area contributed by atoms with Gasteiger partial charge in [0, 0.05) is 12.4 Å². The quantitative estimate of drug-likeness (QED) is 0.819. The van der Waals surface area contributed by atoms with E-state index in [0.717, 1.165) is 12.1 Å². The molecule has 0 aliphatic carbocycles. The van der Waals surface area contributed by atoms with Crippen LogP contribution in [-0.4, -0.2) is 14.4 Å². The lowest BCUT2D eigenvalue weighted by atomic mass is 10.1. The molecule has 0 aromatic heterocycles. The molecule has 2 rings (SSSR count). The van der Waals surface area contributed by atoms with Crippen molar-refractivity contribution in [3.05, 3.63) is 63.9 Å². The fourth-order valence-corrected chi connectivity index (χ4v) is 4.02. The number of aliphatic carboxylic acids is 1. The number of sulfonamides is 1. The molecule has 0 aliphatic heterocycles. The average molecular weight is 391 g/mol. The molecule has 1 atom stereocenters. The highest BCUT2D eigenvalue weighted by Gasteiger charge is 2.24. The van der Waals surface area contributed by atoms with Crippen LogP contribution in [0.25, 0.3) is 0 Å². The topological polar surface area (TPSA) is 86.3 Å². The normalized spacial score (nSPS) is 12.8. The molecule has 2 aromatic rings. The number of carboxylic acids is 1. The molecule has 5 nitrogen and oxygen atoms in total. The van der Waals surface area contributed by atoms with Crippen molar-refractivity contribution >= 4 is 39.2 Å². The summed E-state index contributed by atoms with van der Waals surface area (Å²) < 4.78 is 40.2. The number of nitrogens with one attached hydrogen (secondary N) is 1. The summed E-state index contributed by atoms with van der Waals surface area (Å²) in [5.41, 5.74) is 0.266. The Hall–Kier alpha value is -1.67. The van der Waals surface area contributed by atoms with Crippen molar-refractivity contribution in [2.45, 2.75) is 17.4 Å². The molecule has 1 N–H and O–H groups in total. The maximum Gasteiger partial charge on any atom is 0.242 e. The maximum atomic E-state index is 13.0. The van der Waals surface area contributed by atoms with Gasteiger partial charge in [0.15, 0.2) is 0 Å². The average Bonchev–Trinajstić information content (AvgIpc) is 2.49. The van der Waals surface area contributed by atoms with E-state index in [9.17, 15) is 22.7 Å². The second-order valence-corrected chi connectivity index (χ2v) is 7.32. The standard InChI is InChI=1S/C15H12Cl2FNO4S/c16-11-2-1-3-13(15(11)17)24(22,23)19-12(8-14(20)21)9-4-6-10(18)7-5-9/h1-7,12,19H,8H2,(H,20,21)/p-1/t12-/m1/s1. The first kappa shape index (κ1) is 18.7. The van der Waals surface area contributed by atoms with E-state index in [4.69, 9.17) is 23.2 Å². The van der Waals surface area contributed by atoms with E-state index in [-0.39, 0.29) is 20.5 Å². The molecule has 0 radical (unpaired) electrons. The molecule has 24 heavy (non-hydrogen) atoms. The van der Waals surface area contributed by atoms with Gasteiger partial charge in [-0.3, -0.25) is 0 Å². The van der Waals surface area contributed by atoms with Crippen LogP contribution in [0.1, 0.15) is 18.0 Å². The Kier molecular flexibility index (Phi) is 5.82. The number of hydrogen-bond donors (Lipinski definition) is 1. The van der Waals surface area contributed by atoms with E-state index in [0.29, 0.717) is 0 Å². The summed E-state index contributed by atoms with van der Waals surface area (Å²) >= 11 is 11.7. The molecule has 0 fully saturated rings. The minimum Gasteiger partial charge on any atom is -0.550 e. The number of carbonyl (C=O) groups is 1. The minimum absolute atomic E-state index is 0.0396. The molecule has 0 spiro atoms. The van der Waals surface area contributed by atoms with Crippen LogP contribution in [0.15, 0.2) is 47.4 Å². The number of carbonyl (C=O) groups excluding carboxylic acids is 1. The van der Waals surface area contributed by atoms with Gasteiger partial charge in [-0.2, -0.15) is 0 Å². The van der Waals surface area contributed by atoms with Crippen molar-refractivity contribution in [1.82, 2.24) is 4.72 Å². The summed E-state index contributed by atoms with van der Waals surface area (Å²) in [7, 11) is -4.17. The molecule has 0 bridgehead atoms. The largest absolute Gasteiger partial charge is 0.550 e. The summed E-state index contributed by atoms with van der Waals surface area (Å²) in [6.07, 6.45) is -0.636. The van der Waals surface area contributed by atoms with Crippen LogP contribution in [0.5, 0.6) is 0 Å². The molecule has 0 heterocycles. The lowest BCUT2D eigenvalue weighted by Crippen LogP contribution is -2.34. The Labute approximate surface area is 148 Å². The third-order valence-corrected chi connectivity index (χ3v) is 5.59. The second-order valence-electron chi connectivity index (χ2n) is 4.85. The molecule has 9 heteroatoms. The lowest BCUT2D eigenvalue weighted by molar-refractivity contribution is -0.306. The Morgan fingerprint density at radius 1 is 1.17 bits per heavy atom. The molecule has 0 amide bonds. The van der Waals surface area contributed by atoms with Crippen LogP contribution in [0, 0.1) is 5.82 Å². The van der Waals surface area contributed by atoms with Gasteiger partial charge >= 0.3 is 0 Å². The van der Waals surface area contributed by atoms with Crippen molar-refractivity contribution in [3.63, 3.8) is 0 Å². The van der Waals surface area contributed by atoms with Gasteiger partial charge < -0.3 is 9.90 Å². The summed E-state index contributed by atoms with van der Waals surface area (Å²) in [4.78, 5) is 10.6. The molecule has 0 unspecified atom stereocenters. The Morgan fingerprint density at radius 3 is 2.38 bits per heavy atom. The fourth-order valence-electron chi connectivity index (χ4n) is 2.03. The fraction of sp³-hybridized carbons (Fsp3) is 0.133. The molecular weight excluding hydrogens is 380 g/mol. The van der Waals surface area contributed by atoms with Crippen LogP contribution in [0.4, 0.5) is 4.39 Å². The maximum absolute atomic E-state index is 13.0. The van der Waals surface area contributed by atoms with Crippen LogP contribution < -0.4 is 9.83 Å². The van der Waals surface area contributed by atoms with E-state index >= 15 is 0 Å². The van der Waals surface area contributed by atoms with Crippen LogP contribution in [0.3, 0.4) is 0 Å². The first-order chi connectivity index (χ1) is 11.2. The van der Waals surface area contributed by atoms with Gasteiger partial charge in [0.25, 0.3) is 0 Å². The van der Waals surface area contributed by atoms with E-state index < -0.39 is 34.3 Å². The molecule has 0 saturated heterocycles. The third kappa shape index (κ3) is 4.45. The number of benzene rings is 2. The number of halogens is 3. The highest BCUT2D eigenvalue weighted by atomic mass is 35.5. The van der Waals surface area contributed by atoms with E-state index in [2.05, 4.69) is 4.72 Å². The predicted octanol–water partition coefficient (Wildman–Crippen LogP) is 2.29. The molecule has 128 valence electrons. The smallest absolute Gasteiger partial charge is 0.242 e. The SMILES string of the molecule is O=C([O-])C[C@@H](NS(=O)(=O)c1cccc(Cl)c1Cl)c1ccc(F)cc1. The van der Waals surface area contributed by atoms with Gasteiger partial charge in [-0.25, -0.2) is 17.5 Å². The van der Waals surface area contributed by atoms with Gasteiger partial charge in [-0.1, -0.05) is 41.4 Å². The zero-order valence-electron chi connectivity index (χ0n) is 12.0. The van der Waals surface area contributed by atoms with Crippen LogP contribution in [0.2, 0.25) is 10.0 Å². The van der Waals surface area contributed by atoms with Gasteiger partial charge in [0.2, 0.25) is 10.0 Å². The van der Waals surface area contributed by atoms with Crippen molar-refractivity contribution in [1.29, 1.82) is 0 Å². The summed E-state index contributed by atoms with van der Waals surface area (Å²) in [5, 5.41) is 10.8. The van der Waals surface area contributed by atoms with Crippen LogP contribution in [-0.2, 0) is 14.8 Å². The van der Waals surface area contributed by atoms with Gasteiger partial charge in [0.1, 0.15) is 10.7 Å². The third-order valence-electron chi connectivity index (χ3n) is 3.15. The highest BCUT2D eigenvalue weighted by Crippen LogP contribution is 2.30. The summed E-state index contributed by atoms with van der Waals surface area (Å²) in [6.45, 7) is 0. The highest BCUT2D eigenvalue weighted by molar-refractivity contribution is 7.89. The summed E-state index contributed by atoms with van der Waals surface area (Å²) in [6, 6.07) is 7.65. The van der Waals surface area contributed by atoms with E-state index in [1.807, 2.05) is 0 Å². The number of rotatable bonds is 6.